The van der Waals surface area contributed by atoms with Gasteiger partial charge >= 0.3 is 0 Å². The third-order valence-electron chi connectivity index (χ3n) is 3.77. The normalized spacial score (nSPS) is 13.7. The molecule has 1 saturated carbocycles. The number of rotatable bonds is 4. The number of carbonyl (C=O) groups excluding carboxylic acids is 1. The van der Waals surface area contributed by atoms with Crippen molar-refractivity contribution in [1.29, 1.82) is 0 Å². The van der Waals surface area contributed by atoms with Gasteiger partial charge in [-0.05, 0) is 43.2 Å². The van der Waals surface area contributed by atoms with Gasteiger partial charge in [0.05, 0.1) is 11.3 Å². The van der Waals surface area contributed by atoms with Gasteiger partial charge in [-0.25, -0.2) is 8.78 Å². The third-order valence-corrected chi connectivity index (χ3v) is 3.77. The molecule has 3 rings (SSSR count). The van der Waals surface area contributed by atoms with Gasteiger partial charge in [0, 0.05) is 17.2 Å². The summed E-state index contributed by atoms with van der Waals surface area (Å²) in [7, 11) is 0. The van der Waals surface area contributed by atoms with Gasteiger partial charge in [0.1, 0.15) is 11.6 Å². The molecule has 4 nitrogen and oxygen atoms in total. The lowest BCUT2D eigenvalue weighted by atomic mass is 10.00. The van der Waals surface area contributed by atoms with E-state index in [0.29, 0.717) is 11.1 Å². The SMILES string of the molecule is Nc1cc(F)c(NC(=O)C2CC2)cc1C(=[NH2+])c1cccc(F)c1. The highest BCUT2D eigenvalue weighted by atomic mass is 19.1. The Hall–Kier alpha value is -2.76. The minimum absolute atomic E-state index is 0.0189. The van der Waals surface area contributed by atoms with Crippen LogP contribution in [0, 0.1) is 17.6 Å². The second-order valence-corrected chi connectivity index (χ2v) is 5.61. The molecule has 0 radical (unpaired) electrons. The topological polar surface area (TPSA) is 80.7 Å². The molecule has 0 spiro atoms. The van der Waals surface area contributed by atoms with E-state index in [1.807, 2.05) is 0 Å². The first-order chi connectivity index (χ1) is 11.0. The number of nitrogens with two attached hydrogens (primary N) is 2. The summed E-state index contributed by atoms with van der Waals surface area (Å²) in [5.41, 5.74) is 6.96. The number of nitrogens with one attached hydrogen (secondary N) is 1. The Kier molecular flexibility index (Phi) is 3.82. The van der Waals surface area contributed by atoms with Crippen molar-refractivity contribution in [3.8, 4) is 0 Å². The molecule has 1 aliphatic rings. The van der Waals surface area contributed by atoms with Gasteiger partial charge in [-0.1, -0.05) is 6.07 Å². The Morgan fingerprint density at radius 1 is 1.22 bits per heavy atom. The quantitative estimate of drug-likeness (QED) is 0.590. The van der Waals surface area contributed by atoms with Crippen LogP contribution in [0.2, 0.25) is 0 Å². The number of benzene rings is 2. The van der Waals surface area contributed by atoms with E-state index in [1.165, 1.54) is 24.3 Å². The third kappa shape index (κ3) is 3.21. The average Bonchev–Trinajstić information content (AvgIpc) is 3.34. The highest BCUT2D eigenvalue weighted by Gasteiger charge is 2.30. The van der Waals surface area contributed by atoms with Gasteiger partial charge in [0.15, 0.2) is 0 Å². The molecule has 2 aromatic carbocycles. The van der Waals surface area contributed by atoms with Gasteiger partial charge in [0.25, 0.3) is 0 Å². The molecule has 1 fully saturated rings. The van der Waals surface area contributed by atoms with Crippen molar-refractivity contribution in [2.45, 2.75) is 12.8 Å². The van der Waals surface area contributed by atoms with Gasteiger partial charge in [-0.2, -0.15) is 0 Å². The second kappa shape index (κ2) is 5.79. The number of nitrogen functional groups attached to an aromatic ring is 1. The number of hydrogen-bond acceptors (Lipinski definition) is 2. The molecule has 1 aliphatic carbocycles. The predicted octanol–water partition coefficient (Wildman–Crippen LogP) is 1.49. The van der Waals surface area contributed by atoms with Crippen LogP contribution in [0.4, 0.5) is 20.2 Å². The fraction of sp³-hybridized carbons (Fsp3) is 0.176. The minimum Gasteiger partial charge on any atom is -0.398 e. The largest absolute Gasteiger partial charge is 0.398 e. The summed E-state index contributed by atoms with van der Waals surface area (Å²) < 4.78 is 27.3. The van der Waals surface area contributed by atoms with Crippen LogP contribution in [0.3, 0.4) is 0 Å². The maximum Gasteiger partial charge on any atom is 0.227 e. The molecule has 1 amide bonds. The predicted molar refractivity (Wildman–Crippen MR) is 83.7 cm³/mol. The minimum atomic E-state index is -0.632. The van der Waals surface area contributed by atoms with Crippen molar-refractivity contribution in [3.05, 3.63) is 59.2 Å². The Labute approximate surface area is 131 Å². The van der Waals surface area contributed by atoms with Crippen molar-refractivity contribution >= 4 is 23.0 Å². The van der Waals surface area contributed by atoms with Crippen molar-refractivity contribution in [2.24, 2.45) is 5.92 Å². The summed E-state index contributed by atoms with van der Waals surface area (Å²) in [6.45, 7) is 0. The van der Waals surface area contributed by atoms with Crippen LogP contribution in [0.1, 0.15) is 24.0 Å². The van der Waals surface area contributed by atoms with Crippen LogP contribution in [-0.2, 0) is 4.79 Å². The molecule has 5 N–H and O–H groups in total. The first-order valence-electron chi connectivity index (χ1n) is 7.24. The number of halogens is 2. The monoisotopic (exact) mass is 316 g/mol. The standard InChI is InChI=1S/C17H15F2N3O/c18-11-3-1-2-10(6-11)16(21)12-7-15(13(19)8-14(12)20)22-17(23)9-4-5-9/h1-3,6-9,21H,4-5,20H2,(H,22,23)/p+1. The molecule has 0 saturated heterocycles. The Bertz CT molecular complexity index is 800. The zero-order valence-corrected chi connectivity index (χ0v) is 12.3. The molecule has 6 heteroatoms. The summed E-state index contributed by atoms with van der Waals surface area (Å²) in [4.78, 5) is 11.8. The first-order valence-corrected chi connectivity index (χ1v) is 7.24. The van der Waals surface area contributed by atoms with Crippen LogP contribution < -0.4 is 16.5 Å². The van der Waals surface area contributed by atoms with Crippen LogP contribution in [-0.4, -0.2) is 11.6 Å². The van der Waals surface area contributed by atoms with Gasteiger partial charge in [-0.3, -0.25) is 10.2 Å². The number of anilines is 2. The summed E-state index contributed by atoms with van der Waals surface area (Å²) in [6, 6.07) is 8.19. The van der Waals surface area contributed by atoms with E-state index in [4.69, 9.17) is 11.1 Å². The Morgan fingerprint density at radius 2 is 1.96 bits per heavy atom. The lowest BCUT2D eigenvalue weighted by Crippen LogP contribution is -2.41. The van der Waals surface area contributed by atoms with E-state index >= 15 is 0 Å². The fourth-order valence-electron chi connectivity index (χ4n) is 2.31. The van der Waals surface area contributed by atoms with Crippen LogP contribution in [0.5, 0.6) is 0 Å². The number of carbonyl (C=O) groups is 1. The van der Waals surface area contributed by atoms with Crippen molar-refractivity contribution in [2.75, 3.05) is 11.1 Å². The molecule has 0 aromatic heterocycles. The second-order valence-electron chi connectivity index (χ2n) is 5.61. The fourth-order valence-corrected chi connectivity index (χ4v) is 2.31. The first kappa shape index (κ1) is 15.1. The van der Waals surface area contributed by atoms with E-state index in [2.05, 4.69) is 5.32 Å². The summed E-state index contributed by atoms with van der Waals surface area (Å²) >= 11 is 0. The lowest BCUT2D eigenvalue weighted by Gasteiger charge is -2.10. The number of amides is 1. The summed E-state index contributed by atoms with van der Waals surface area (Å²) in [5.74, 6) is -1.34. The van der Waals surface area contributed by atoms with Crippen molar-refractivity contribution < 1.29 is 19.0 Å². The van der Waals surface area contributed by atoms with Crippen molar-refractivity contribution in [3.63, 3.8) is 0 Å². The molecular formula is C17H16F2N3O+. The molecule has 0 aliphatic heterocycles. The highest BCUT2D eigenvalue weighted by Crippen LogP contribution is 2.31. The smallest absolute Gasteiger partial charge is 0.227 e. The molecule has 0 atom stereocenters. The highest BCUT2D eigenvalue weighted by molar-refractivity contribution is 6.12. The molecule has 23 heavy (non-hydrogen) atoms. The molecular weight excluding hydrogens is 300 g/mol. The van der Waals surface area contributed by atoms with Gasteiger partial charge < -0.3 is 11.1 Å². The zero-order valence-electron chi connectivity index (χ0n) is 12.3. The zero-order chi connectivity index (χ0) is 16.6. The lowest BCUT2D eigenvalue weighted by molar-refractivity contribution is -0.117. The summed E-state index contributed by atoms with van der Waals surface area (Å²) in [6.07, 6.45) is 1.62. The van der Waals surface area contributed by atoms with E-state index in [9.17, 15) is 13.6 Å². The van der Waals surface area contributed by atoms with Gasteiger partial charge in [-0.15, -0.1) is 0 Å². The average molecular weight is 316 g/mol. The molecule has 0 bridgehead atoms. The molecule has 0 unspecified atom stereocenters. The maximum absolute atomic E-state index is 14.0. The van der Waals surface area contributed by atoms with E-state index in [1.54, 1.807) is 6.07 Å². The van der Waals surface area contributed by atoms with Crippen LogP contribution in [0.25, 0.3) is 0 Å². The molecule has 0 heterocycles. The van der Waals surface area contributed by atoms with Crippen LogP contribution in [0.15, 0.2) is 36.4 Å². The Balaban J connectivity index is 1.94. The van der Waals surface area contributed by atoms with E-state index < -0.39 is 11.6 Å². The molecule has 2 aromatic rings. The number of hydrogen-bond donors (Lipinski definition) is 3. The van der Waals surface area contributed by atoms with Crippen LogP contribution >= 0.6 is 0 Å². The molecule has 118 valence electrons. The van der Waals surface area contributed by atoms with Gasteiger partial charge in [0.2, 0.25) is 11.6 Å². The van der Waals surface area contributed by atoms with E-state index in [0.717, 1.165) is 18.9 Å². The van der Waals surface area contributed by atoms with E-state index in [-0.39, 0.29) is 28.9 Å². The Morgan fingerprint density at radius 3 is 2.61 bits per heavy atom. The summed E-state index contributed by atoms with van der Waals surface area (Å²) in [5, 5.41) is 8.59. The van der Waals surface area contributed by atoms with Crippen molar-refractivity contribution in [1.82, 2.24) is 0 Å². The maximum atomic E-state index is 14.0.